The first-order valence-corrected chi connectivity index (χ1v) is 6.56. The van der Waals surface area contributed by atoms with Gasteiger partial charge in [0, 0.05) is 15.7 Å². The number of hydrogen-bond acceptors (Lipinski definition) is 3. The summed E-state index contributed by atoms with van der Waals surface area (Å²) in [6.07, 6.45) is 0. The van der Waals surface area contributed by atoms with Crippen LogP contribution < -0.4 is 11.1 Å². The number of anilines is 1. The Morgan fingerprint density at radius 3 is 2.70 bits per heavy atom. The second-order valence-corrected chi connectivity index (χ2v) is 5.11. The number of primary amides is 1. The van der Waals surface area contributed by atoms with Crippen molar-refractivity contribution in [1.82, 2.24) is 0 Å². The fraction of sp³-hybridized carbons (Fsp3) is 0.0714. The molecular formula is C14H12BrFN2O2. The summed E-state index contributed by atoms with van der Waals surface area (Å²) in [7, 11) is 0. The maximum Gasteiger partial charge on any atom is 0.244 e. The Kier molecular flexibility index (Phi) is 4.24. The monoisotopic (exact) mass is 338 g/mol. The second kappa shape index (κ2) is 5.92. The van der Waals surface area contributed by atoms with E-state index in [0.29, 0.717) is 5.69 Å². The largest absolute Gasteiger partial charge is 0.508 e. The molecule has 0 aliphatic carbocycles. The van der Waals surface area contributed by atoms with Gasteiger partial charge in [-0.3, -0.25) is 4.79 Å². The van der Waals surface area contributed by atoms with Crippen molar-refractivity contribution in [1.29, 1.82) is 0 Å². The number of benzene rings is 2. The second-order valence-electron chi connectivity index (χ2n) is 4.19. The number of halogens is 2. The number of nitrogens with one attached hydrogen (secondary N) is 1. The van der Waals surface area contributed by atoms with E-state index in [1.54, 1.807) is 18.2 Å². The molecule has 0 aliphatic rings. The fourth-order valence-corrected chi connectivity index (χ4v) is 2.20. The molecule has 4 nitrogen and oxygen atoms in total. The van der Waals surface area contributed by atoms with E-state index in [1.165, 1.54) is 6.07 Å². The van der Waals surface area contributed by atoms with Gasteiger partial charge in [-0.1, -0.05) is 22.0 Å². The first-order chi connectivity index (χ1) is 9.47. The van der Waals surface area contributed by atoms with E-state index >= 15 is 0 Å². The van der Waals surface area contributed by atoms with Crippen LogP contribution in [-0.2, 0) is 4.79 Å². The van der Waals surface area contributed by atoms with Gasteiger partial charge in [-0.2, -0.15) is 0 Å². The van der Waals surface area contributed by atoms with Crippen LogP contribution in [0.15, 0.2) is 46.9 Å². The molecule has 0 radical (unpaired) electrons. The molecule has 0 fully saturated rings. The molecule has 0 saturated heterocycles. The van der Waals surface area contributed by atoms with E-state index in [2.05, 4.69) is 21.2 Å². The van der Waals surface area contributed by atoms with Gasteiger partial charge in [-0.25, -0.2) is 4.39 Å². The summed E-state index contributed by atoms with van der Waals surface area (Å²) >= 11 is 3.31. The molecule has 0 heterocycles. The molecular weight excluding hydrogens is 327 g/mol. The van der Waals surface area contributed by atoms with Crippen molar-refractivity contribution in [3.05, 3.63) is 58.3 Å². The van der Waals surface area contributed by atoms with Crippen molar-refractivity contribution < 1.29 is 14.3 Å². The zero-order valence-corrected chi connectivity index (χ0v) is 11.9. The molecule has 0 aromatic heterocycles. The molecule has 4 N–H and O–H groups in total. The Morgan fingerprint density at radius 2 is 2.05 bits per heavy atom. The molecule has 0 bridgehead atoms. The van der Waals surface area contributed by atoms with Crippen LogP contribution in [-0.4, -0.2) is 11.0 Å². The number of amides is 1. The molecule has 1 unspecified atom stereocenters. The molecule has 20 heavy (non-hydrogen) atoms. The molecule has 2 rings (SSSR count). The van der Waals surface area contributed by atoms with Crippen LogP contribution in [0.2, 0.25) is 0 Å². The van der Waals surface area contributed by atoms with Gasteiger partial charge in [0.15, 0.2) is 0 Å². The van der Waals surface area contributed by atoms with Crippen LogP contribution in [0.3, 0.4) is 0 Å². The summed E-state index contributed by atoms with van der Waals surface area (Å²) in [5.74, 6) is -1.47. The average Bonchev–Trinajstić information content (AvgIpc) is 2.39. The highest BCUT2D eigenvalue weighted by molar-refractivity contribution is 9.10. The molecule has 0 saturated carbocycles. The lowest BCUT2D eigenvalue weighted by molar-refractivity contribution is -0.118. The highest BCUT2D eigenvalue weighted by atomic mass is 79.9. The summed E-state index contributed by atoms with van der Waals surface area (Å²) in [5.41, 5.74) is 6.04. The van der Waals surface area contributed by atoms with Gasteiger partial charge in [-0.05, 0) is 36.4 Å². The van der Waals surface area contributed by atoms with Crippen molar-refractivity contribution in [3.8, 4) is 5.75 Å². The third-order valence-corrected chi connectivity index (χ3v) is 3.21. The zero-order chi connectivity index (χ0) is 14.7. The fourth-order valence-electron chi connectivity index (χ4n) is 1.80. The van der Waals surface area contributed by atoms with E-state index in [0.717, 1.165) is 16.6 Å². The molecule has 104 valence electrons. The van der Waals surface area contributed by atoms with Crippen LogP contribution in [0.1, 0.15) is 11.6 Å². The van der Waals surface area contributed by atoms with Gasteiger partial charge in [0.1, 0.15) is 17.6 Å². The first kappa shape index (κ1) is 14.3. The lowest BCUT2D eigenvalue weighted by Gasteiger charge is -2.18. The Labute approximate surface area is 123 Å². The molecule has 1 atom stereocenters. The minimum Gasteiger partial charge on any atom is -0.508 e. The number of carbonyl (C=O) groups is 1. The number of nitrogens with two attached hydrogens (primary N) is 1. The summed E-state index contributed by atoms with van der Waals surface area (Å²) in [6.45, 7) is 0. The number of rotatable bonds is 4. The van der Waals surface area contributed by atoms with Crippen molar-refractivity contribution in [2.24, 2.45) is 5.73 Å². The first-order valence-electron chi connectivity index (χ1n) is 5.77. The van der Waals surface area contributed by atoms with Crippen LogP contribution in [0.5, 0.6) is 5.75 Å². The Hall–Kier alpha value is -2.08. The smallest absolute Gasteiger partial charge is 0.244 e. The van der Waals surface area contributed by atoms with E-state index in [-0.39, 0.29) is 11.3 Å². The number of phenolic OH excluding ortho intramolecular Hbond substituents is 1. The zero-order valence-electron chi connectivity index (χ0n) is 10.3. The van der Waals surface area contributed by atoms with Gasteiger partial charge < -0.3 is 16.2 Å². The maximum atomic E-state index is 13.3. The Balaban J connectivity index is 2.37. The summed E-state index contributed by atoms with van der Waals surface area (Å²) < 4.78 is 14.1. The number of hydrogen-bond donors (Lipinski definition) is 3. The molecule has 0 aliphatic heterocycles. The number of aromatic hydroxyl groups is 1. The lowest BCUT2D eigenvalue weighted by atomic mass is 10.0. The van der Waals surface area contributed by atoms with E-state index < -0.39 is 17.8 Å². The highest BCUT2D eigenvalue weighted by Gasteiger charge is 2.21. The van der Waals surface area contributed by atoms with Gasteiger partial charge in [0.2, 0.25) is 5.91 Å². The molecule has 2 aromatic rings. The van der Waals surface area contributed by atoms with Gasteiger partial charge in [0.05, 0.1) is 0 Å². The summed E-state index contributed by atoms with van der Waals surface area (Å²) in [5, 5.41) is 12.6. The van der Waals surface area contributed by atoms with Crippen molar-refractivity contribution in [2.75, 3.05) is 5.32 Å². The standard InChI is InChI=1S/C14H12BrFN2O2/c15-8-2-1-3-10(6-8)18-13(14(17)20)11-7-9(16)4-5-12(11)19/h1-7,13,18-19H,(H2,17,20). The van der Waals surface area contributed by atoms with E-state index in [4.69, 9.17) is 5.73 Å². The molecule has 1 amide bonds. The van der Waals surface area contributed by atoms with Gasteiger partial charge in [0.25, 0.3) is 0 Å². The summed E-state index contributed by atoms with van der Waals surface area (Å²) in [4.78, 5) is 11.6. The molecule has 6 heteroatoms. The summed E-state index contributed by atoms with van der Waals surface area (Å²) in [6, 6.07) is 9.41. The van der Waals surface area contributed by atoms with Crippen LogP contribution in [0, 0.1) is 5.82 Å². The Morgan fingerprint density at radius 1 is 1.30 bits per heavy atom. The normalized spacial score (nSPS) is 11.9. The van der Waals surface area contributed by atoms with Crippen LogP contribution in [0.25, 0.3) is 0 Å². The minimum absolute atomic E-state index is 0.0949. The van der Waals surface area contributed by atoms with Crippen LogP contribution >= 0.6 is 15.9 Å². The third kappa shape index (κ3) is 3.27. The molecule has 0 spiro atoms. The number of phenols is 1. The van der Waals surface area contributed by atoms with E-state index in [1.807, 2.05) is 6.07 Å². The lowest BCUT2D eigenvalue weighted by Crippen LogP contribution is -2.27. The maximum absolute atomic E-state index is 13.3. The predicted octanol–water partition coefficient (Wildman–Crippen LogP) is 2.93. The van der Waals surface area contributed by atoms with E-state index in [9.17, 15) is 14.3 Å². The Bertz CT molecular complexity index is 649. The van der Waals surface area contributed by atoms with Crippen molar-refractivity contribution >= 4 is 27.5 Å². The average molecular weight is 339 g/mol. The predicted molar refractivity (Wildman–Crippen MR) is 77.8 cm³/mol. The topological polar surface area (TPSA) is 75.4 Å². The third-order valence-electron chi connectivity index (χ3n) is 2.72. The van der Waals surface area contributed by atoms with Crippen molar-refractivity contribution in [3.63, 3.8) is 0 Å². The van der Waals surface area contributed by atoms with Gasteiger partial charge >= 0.3 is 0 Å². The SMILES string of the molecule is NC(=O)C(Nc1cccc(Br)c1)c1cc(F)ccc1O. The van der Waals surface area contributed by atoms with Gasteiger partial charge in [-0.15, -0.1) is 0 Å². The minimum atomic E-state index is -1.03. The quantitative estimate of drug-likeness (QED) is 0.802. The molecule has 2 aromatic carbocycles. The van der Waals surface area contributed by atoms with Crippen molar-refractivity contribution in [2.45, 2.75) is 6.04 Å². The van der Waals surface area contributed by atoms with Crippen LogP contribution in [0.4, 0.5) is 10.1 Å². The highest BCUT2D eigenvalue weighted by Crippen LogP contribution is 2.28. The number of carbonyl (C=O) groups excluding carboxylic acids is 1.